The molecule has 0 N–H and O–H groups in total. The predicted molar refractivity (Wildman–Crippen MR) is 96.9 cm³/mol. The van der Waals surface area contributed by atoms with E-state index in [-0.39, 0.29) is 40.3 Å². The Hall–Kier alpha value is -0.580. The van der Waals surface area contributed by atoms with Crippen LogP contribution in [0.4, 0.5) is 0 Å². The third-order valence-corrected chi connectivity index (χ3v) is 7.08. The van der Waals surface area contributed by atoms with E-state index in [0.29, 0.717) is 11.8 Å². The maximum atomic E-state index is 12.9. The number of carbonyl (C=O) groups excluding carboxylic acids is 2. The Labute approximate surface area is 153 Å². The van der Waals surface area contributed by atoms with Crippen LogP contribution < -0.4 is 0 Å². The number of carbonyl (C=O) groups is 2. The highest BCUT2D eigenvalue weighted by atomic mass is 79.9. The van der Waals surface area contributed by atoms with E-state index < -0.39 is 0 Å². The molecule has 0 aromatic rings. The average molecular weight is 400 g/mol. The van der Waals surface area contributed by atoms with Gasteiger partial charge in [0.2, 0.25) is 0 Å². The minimum atomic E-state index is -0.353. The number of alkyl halides is 1. The van der Waals surface area contributed by atoms with Gasteiger partial charge < -0.3 is 9.64 Å². The third-order valence-electron chi connectivity index (χ3n) is 6.15. The van der Waals surface area contributed by atoms with Gasteiger partial charge in [0.25, 0.3) is 5.91 Å². The minimum Gasteiger partial charge on any atom is -0.455 e. The Morgan fingerprint density at radius 3 is 2.08 bits per heavy atom. The van der Waals surface area contributed by atoms with Crippen LogP contribution in [-0.2, 0) is 14.3 Å². The standard InChI is InChI=1S/C19H30BrNO3/c1-12(2)21(13(3)4)16(22)10-24-17(23)18-6-14-5-15(7-18)9-19(20,8-14)11-18/h12-15H,5-11H2,1-4H3/t14-,15-,18?,19?/m1/s1. The lowest BCUT2D eigenvalue weighted by Crippen LogP contribution is -2.56. The lowest BCUT2D eigenvalue weighted by Gasteiger charge is -2.58. The number of esters is 1. The van der Waals surface area contributed by atoms with Crippen LogP contribution in [-0.4, -0.2) is 39.8 Å². The molecule has 0 heterocycles. The summed E-state index contributed by atoms with van der Waals surface area (Å²) in [5.41, 5.74) is -0.353. The van der Waals surface area contributed by atoms with Gasteiger partial charge in [-0.05, 0) is 78.1 Å². The number of rotatable bonds is 5. The normalized spacial score (nSPS) is 37.1. The molecule has 4 saturated carbocycles. The van der Waals surface area contributed by atoms with Crippen LogP contribution in [0.3, 0.4) is 0 Å². The molecule has 0 spiro atoms. The molecule has 0 radical (unpaired) electrons. The molecule has 0 aromatic heterocycles. The quantitative estimate of drug-likeness (QED) is 0.519. The largest absolute Gasteiger partial charge is 0.455 e. The lowest BCUT2D eigenvalue weighted by molar-refractivity contribution is -0.173. The van der Waals surface area contributed by atoms with Crippen molar-refractivity contribution in [1.82, 2.24) is 4.90 Å². The summed E-state index contributed by atoms with van der Waals surface area (Å²) in [4.78, 5) is 27.1. The summed E-state index contributed by atoms with van der Waals surface area (Å²) in [5.74, 6) is 1.04. The predicted octanol–water partition coefficient (Wildman–Crippen LogP) is 3.91. The summed E-state index contributed by atoms with van der Waals surface area (Å²) >= 11 is 3.92. The maximum absolute atomic E-state index is 12.9. The second-order valence-corrected chi connectivity index (χ2v) is 10.6. The van der Waals surface area contributed by atoms with Crippen molar-refractivity contribution in [3.63, 3.8) is 0 Å². The molecule has 0 aliphatic heterocycles. The summed E-state index contributed by atoms with van der Waals surface area (Å²) in [6, 6.07) is 0.225. The third kappa shape index (κ3) is 3.25. The van der Waals surface area contributed by atoms with E-state index in [1.54, 1.807) is 4.90 Å². The van der Waals surface area contributed by atoms with Crippen molar-refractivity contribution in [1.29, 1.82) is 0 Å². The van der Waals surface area contributed by atoms with E-state index in [4.69, 9.17) is 4.74 Å². The molecule has 4 rings (SSSR count). The van der Waals surface area contributed by atoms with E-state index in [1.807, 2.05) is 27.7 Å². The smallest absolute Gasteiger partial charge is 0.312 e. The fourth-order valence-electron chi connectivity index (χ4n) is 5.92. The highest BCUT2D eigenvalue weighted by Crippen LogP contribution is 2.64. The van der Waals surface area contributed by atoms with Crippen molar-refractivity contribution in [2.24, 2.45) is 17.3 Å². The van der Waals surface area contributed by atoms with Gasteiger partial charge in [-0.25, -0.2) is 0 Å². The molecule has 0 aromatic carbocycles. The SMILES string of the molecule is CC(C)N(C(=O)COC(=O)C12C[C@H]3C[C@@H](CC(Br)(C3)C1)C2)C(C)C. The first-order valence-electron chi connectivity index (χ1n) is 9.31. The molecule has 5 heteroatoms. The highest BCUT2D eigenvalue weighted by Gasteiger charge is 2.60. The zero-order chi connectivity index (χ0) is 17.7. The molecular formula is C19H30BrNO3. The molecule has 24 heavy (non-hydrogen) atoms. The Bertz CT molecular complexity index is 509. The van der Waals surface area contributed by atoms with E-state index >= 15 is 0 Å². The van der Waals surface area contributed by atoms with Gasteiger partial charge in [-0.1, -0.05) is 15.9 Å². The van der Waals surface area contributed by atoms with E-state index in [1.165, 1.54) is 19.3 Å². The molecule has 4 aliphatic carbocycles. The van der Waals surface area contributed by atoms with Crippen LogP contribution in [0.15, 0.2) is 0 Å². The monoisotopic (exact) mass is 399 g/mol. The van der Waals surface area contributed by atoms with Crippen LogP contribution in [0.1, 0.15) is 66.2 Å². The van der Waals surface area contributed by atoms with Crippen molar-refractivity contribution in [3.8, 4) is 0 Å². The number of nitrogens with zero attached hydrogens (tertiary/aromatic N) is 1. The number of amides is 1. The topological polar surface area (TPSA) is 46.6 Å². The fraction of sp³-hybridized carbons (Fsp3) is 0.895. The summed E-state index contributed by atoms with van der Waals surface area (Å²) in [5, 5.41) is 0. The van der Waals surface area contributed by atoms with E-state index in [9.17, 15) is 9.59 Å². The fourth-order valence-corrected chi connectivity index (χ4v) is 7.37. The van der Waals surface area contributed by atoms with Gasteiger partial charge in [0.1, 0.15) is 0 Å². The Kier molecular flexibility index (Phi) is 4.78. The van der Waals surface area contributed by atoms with Crippen molar-refractivity contribution in [2.75, 3.05) is 6.61 Å². The number of hydrogen-bond donors (Lipinski definition) is 0. The average Bonchev–Trinajstić information content (AvgIpc) is 2.41. The number of halogens is 1. The van der Waals surface area contributed by atoms with Crippen LogP contribution in [0.2, 0.25) is 0 Å². The number of hydrogen-bond acceptors (Lipinski definition) is 3. The molecule has 4 bridgehead atoms. The summed E-state index contributed by atoms with van der Waals surface area (Å²) in [7, 11) is 0. The molecular weight excluding hydrogens is 370 g/mol. The second kappa shape index (κ2) is 6.30. The van der Waals surface area contributed by atoms with Gasteiger partial charge in [-0.15, -0.1) is 0 Å². The van der Waals surface area contributed by atoms with Crippen molar-refractivity contribution in [2.45, 2.75) is 82.6 Å². The zero-order valence-electron chi connectivity index (χ0n) is 15.3. The molecule has 4 fully saturated rings. The van der Waals surface area contributed by atoms with Gasteiger partial charge in [-0.3, -0.25) is 9.59 Å². The molecule has 4 nitrogen and oxygen atoms in total. The van der Waals surface area contributed by atoms with Gasteiger partial charge >= 0.3 is 5.97 Å². The highest BCUT2D eigenvalue weighted by molar-refractivity contribution is 9.10. The van der Waals surface area contributed by atoms with Crippen LogP contribution in [0.25, 0.3) is 0 Å². The summed E-state index contributed by atoms with van der Waals surface area (Å²) in [6.45, 7) is 7.85. The van der Waals surface area contributed by atoms with Crippen LogP contribution in [0, 0.1) is 17.3 Å². The maximum Gasteiger partial charge on any atom is 0.312 e. The summed E-state index contributed by atoms with van der Waals surface area (Å²) < 4.78 is 5.69. The van der Waals surface area contributed by atoms with Gasteiger partial charge in [-0.2, -0.15) is 0 Å². The molecule has 2 atom stereocenters. The first-order valence-corrected chi connectivity index (χ1v) is 10.1. The van der Waals surface area contributed by atoms with Crippen molar-refractivity contribution in [3.05, 3.63) is 0 Å². The summed E-state index contributed by atoms with van der Waals surface area (Å²) in [6.07, 6.45) is 6.40. The van der Waals surface area contributed by atoms with E-state index in [0.717, 1.165) is 19.3 Å². The molecule has 1 amide bonds. The van der Waals surface area contributed by atoms with Gasteiger partial charge in [0, 0.05) is 16.4 Å². The van der Waals surface area contributed by atoms with Crippen LogP contribution >= 0.6 is 15.9 Å². The molecule has 0 unspecified atom stereocenters. The Morgan fingerprint density at radius 1 is 1.08 bits per heavy atom. The van der Waals surface area contributed by atoms with Crippen molar-refractivity contribution < 1.29 is 14.3 Å². The second-order valence-electron chi connectivity index (χ2n) is 8.96. The molecule has 136 valence electrons. The Balaban J connectivity index is 1.64. The van der Waals surface area contributed by atoms with E-state index in [2.05, 4.69) is 15.9 Å². The number of ether oxygens (including phenoxy) is 1. The van der Waals surface area contributed by atoms with Gasteiger partial charge in [0.05, 0.1) is 5.41 Å². The van der Waals surface area contributed by atoms with Crippen LogP contribution in [0.5, 0.6) is 0 Å². The first kappa shape index (κ1) is 18.2. The minimum absolute atomic E-state index is 0.0911. The molecule has 4 aliphatic rings. The molecule has 0 saturated heterocycles. The first-order chi connectivity index (χ1) is 11.1. The lowest BCUT2D eigenvalue weighted by atomic mass is 9.49. The van der Waals surface area contributed by atoms with Gasteiger partial charge in [0.15, 0.2) is 6.61 Å². The Morgan fingerprint density at radius 2 is 1.62 bits per heavy atom. The zero-order valence-corrected chi connectivity index (χ0v) is 16.9. The van der Waals surface area contributed by atoms with Crippen molar-refractivity contribution >= 4 is 27.8 Å².